The van der Waals surface area contributed by atoms with E-state index >= 15 is 0 Å². The van der Waals surface area contributed by atoms with Gasteiger partial charge in [0.05, 0.1) is 0 Å². The van der Waals surface area contributed by atoms with Crippen LogP contribution in [0.1, 0.15) is 19.0 Å². The van der Waals surface area contributed by atoms with Crippen molar-refractivity contribution < 1.29 is 4.74 Å². The molecule has 90 valence electrons. The quantitative estimate of drug-likeness (QED) is 0.836. The summed E-state index contributed by atoms with van der Waals surface area (Å²) in [5, 5.41) is 3.45. The third-order valence-corrected chi connectivity index (χ3v) is 2.88. The van der Waals surface area contributed by atoms with Gasteiger partial charge >= 0.3 is 0 Å². The number of aromatic nitrogens is 1. The van der Waals surface area contributed by atoms with E-state index in [4.69, 9.17) is 4.74 Å². The second-order valence-corrected chi connectivity index (χ2v) is 4.62. The molecule has 1 atom stereocenters. The van der Waals surface area contributed by atoms with Gasteiger partial charge < -0.3 is 10.1 Å². The van der Waals surface area contributed by atoms with Crippen molar-refractivity contribution in [3.05, 3.63) is 28.5 Å². The number of hydrogen-bond acceptors (Lipinski definition) is 3. The first kappa shape index (κ1) is 13.6. The highest BCUT2D eigenvalue weighted by molar-refractivity contribution is 9.10. The fourth-order valence-electron chi connectivity index (χ4n) is 1.60. The Bertz CT molecular complexity index is 290. The van der Waals surface area contributed by atoms with Gasteiger partial charge in [0.25, 0.3) is 0 Å². The third kappa shape index (κ3) is 5.05. The van der Waals surface area contributed by atoms with Gasteiger partial charge in [-0.3, -0.25) is 4.98 Å². The smallest absolute Gasteiger partial charge is 0.0477 e. The van der Waals surface area contributed by atoms with Crippen LogP contribution in [0.15, 0.2) is 22.8 Å². The molecule has 1 unspecified atom stereocenters. The molecule has 0 fully saturated rings. The Morgan fingerprint density at radius 1 is 1.50 bits per heavy atom. The Labute approximate surface area is 106 Å². The van der Waals surface area contributed by atoms with Gasteiger partial charge in [-0.25, -0.2) is 0 Å². The van der Waals surface area contributed by atoms with Crippen LogP contribution in [-0.4, -0.2) is 31.3 Å². The maximum Gasteiger partial charge on any atom is 0.0477 e. The molecule has 0 saturated heterocycles. The first-order chi connectivity index (χ1) is 7.76. The molecule has 1 rings (SSSR count). The predicted octanol–water partition coefficient (Wildman–Crippen LogP) is 2.40. The monoisotopic (exact) mass is 286 g/mol. The molecule has 1 heterocycles. The van der Waals surface area contributed by atoms with Crippen LogP contribution < -0.4 is 5.32 Å². The van der Waals surface area contributed by atoms with Crippen molar-refractivity contribution in [1.29, 1.82) is 0 Å². The van der Waals surface area contributed by atoms with Crippen LogP contribution >= 0.6 is 15.9 Å². The molecule has 3 nitrogen and oxygen atoms in total. The van der Waals surface area contributed by atoms with E-state index < -0.39 is 0 Å². The average molecular weight is 287 g/mol. The van der Waals surface area contributed by atoms with Crippen LogP contribution in [0.3, 0.4) is 0 Å². The fraction of sp³-hybridized carbons (Fsp3) is 0.583. The molecular weight excluding hydrogens is 268 g/mol. The molecule has 0 aliphatic heterocycles. The lowest BCUT2D eigenvalue weighted by Crippen LogP contribution is -2.32. The van der Waals surface area contributed by atoms with E-state index in [2.05, 4.69) is 39.2 Å². The van der Waals surface area contributed by atoms with Crippen molar-refractivity contribution in [2.24, 2.45) is 0 Å². The Hall–Kier alpha value is -0.450. The molecule has 1 aromatic rings. The van der Waals surface area contributed by atoms with E-state index in [0.717, 1.165) is 36.2 Å². The highest BCUT2D eigenvalue weighted by atomic mass is 79.9. The minimum atomic E-state index is 0.443. The summed E-state index contributed by atoms with van der Waals surface area (Å²) < 4.78 is 6.13. The van der Waals surface area contributed by atoms with E-state index in [0.29, 0.717) is 6.04 Å². The van der Waals surface area contributed by atoms with E-state index in [1.807, 2.05) is 12.3 Å². The average Bonchev–Trinajstić information content (AvgIpc) is 2.29. The number of halogens is 1. The lowest BCUT2D eigenvalue weighted by Gasteiger charge is -2.16. The number of pyridine rings is 1. The van der Waals surface area contributed by atoms with Gasteiger partial charge in [-0.2, -0.15) is 0 Å². The topological polar surface area (TPSA) is 34.1 Å². The zero-order valence-corrected chi connectivity index (χ0v) is 11.5. The van der Waals surface area contributed by atoms with Crippen LogP contribution in [0.2, 0.25) is 0 Å². The number of ether oxygens (including phenoxy) is 1. The van der Waals surface area contributed by atoms with E-state index in [9.17, 15) is 0 Å². The SMILES string of the molecule is CCNC(CCOC)Cc1ccc(Br)cn1. The minimum absolute atomic E-state index is 0.443. The number of hydrogen-bond donors (Lipinski definition) is 1. The Kier molecular flexibility index (Phi) is 6.61. The first-order valence-electron chi connectivity index (χ1n) is 5.59. The zero-order valence-electron chi connectivity index (χ0n) is 9.87. The molecule has 0 spiro atoms. The van der Waals surface area contributed by atoms with Crippen molar-refractivity contribution in [3.63, 3.8) is 0 Å². The fourth-order valence-corrected chi connectivity index (χ4v) is 1.84. The molecule has 1 N–H and O–H groups in total. The molecule has 16 heavy (non-hydrogen) atoms. The maximum atomic E-state index is 5.11. The highest BCUT2D eigenvalue weighted by Gasteiger charge is 2.08. The molecule has 0 aromatic carbocycles. The van der Waals surface area contributed by atoms with Gasteiger partial charge in [0.1, 0.15) is 0 Å². The number of likely N-dealkylation sites (N-methyl/N-ethyl adjacent to an activating group) is 1. The molecular formula is C12H19BrN2O. The van der Waals surface area contributed by atoms with Crippen LogP contribution in [-0.2, 0) is 11.2 Å². The lowest BCUT2D eigenvalue weighted by molar-refractivity contribution is 0.182. The lowest BCUT2D eigenvalue weighted by atomic mass is 10.1. The molecule has 1 aromatic heterocycles. The summed E-state index contributed by atoms with van der Waals surface area (Å²) in [4.78, 5) is 4.38. The summed E-state index contributed by atoms with van der Waals surface area (Å²) in [6, 6.07) is 4.53. The summed E-state index contributed by atoms with van der Waals surface area (Å²) in [6.45, 7) is 3.88. The van der Waals surface area contributed by atoms with Crippen LogP contribution in [0.4, 0.5) is 0 Å². The van der Waals surface area contributed by atoms with Crippen LogP contribution in [0.5, 0.6) is 0 Å². The summed E-state index contributed by atoms with van der Waals surface area (Å²) in [5.74, 6) is 0. The largest absolute Gasteiger partial charge is 0.385 e. The van der Waals surface area contributed by atoms with Crippen molar-refractivity contribution in [3.8, 4) is 0 Å². The normalized spacial score (nSPS) is 12.7. The standard InChI is InChI=1S/C12H19BrN2O/c1-3-14-12(6-7-16-2)8-11-5-4-10(13)9-15-11/h4-5,9,12,14H,3,6-8H2,1-2H3. The van der Waals surface area contributed by atoms with Crippen molar-refractivity contribution in [1.82, 2.24) is 10.3 Å². The molecule has 0 radical (unpaired) electrons. The molecule has 0 amide bonds. The molecule has 4 heteroatoms. The number of rotatable bonds is 7. The van der Waals surface area contributed by atoms with E-state index in [-0.39, 0.29) is 0 Å². The molecule has 0 aliphatic rings. The number of nitrogens with zero attached hydrogens (tertiary/aromatic N) is 1. The highest BCUT2D eigenvalue weighted by Crippen LogP contribution is 2.09. The summed E-state index contributed by atoms with van der Waals surface area (Å²) in [7, 11) is 1.74. The zero-order chi connectivity index (χ0) is 11.8. The van der Waals surface area contributed by atoms with E-state index in [1.165, 1.54) is 0 Å². The summed E-state index contributed by atoms with van der Waals surface area (Å²) >= 11 is 3.39. The molecule has 0 aliphatic carbocycles. The number of methoxy groups -OCH3 is 1. The number of nitrogens with one attached hydrogen (secondary N) is 1. The third-order valence-electron chi connectivity index (χ3n) is 2.41. The Morgan fingerprint density at radius 2 is 2.31 bits per heavy atom. The van der Waals surface area contributed by atoms with Crippen LogP contribution in [0.25, 0.3) is 0 Å². The second kappa shape index (κ2) is 7.76. The Morgan fingerprint density at radius 3 is 2.88 bits per heavy atom. The second-order valence-electron chi connectivity index (χ2n) is 3.71. The van der Waals surface area contributed by atoms with Crippen molar-refractivity contribution >= 4 is 15.9 Å². The summed E-state index contributed by atoms with van der Waals surface area (Å²) in [5.41, 5.74) is 1.12. The maximum absolute atomic E-state index is 5.11. The van der Waals surface area contributed by atoms with Gasteiger partial charge in [0.2, 0.25) is 0 Å². The van der Waals surface area contributed by atoms with Crippen molar-refractivity contribution in [2.75, 3.05) is 20.3 Å². The van der Waals surface area contributed by atoms with E-state index in [1.54, 1.807) is 7.11 Å². The van der Waals surface area contributed by atoms with Gasteiger partial charge in [-0.15, -0.1) is 0 Å². The van der Waals surface area contributed by atoms with Gasteiger partial charge in [0.15, 0.2) is 0 Å². The minimum Gasteiger partial charge on any atom is -0.385 e. The van der Waals surface area contributed by atoms with Crippen LogP contribution in [0, 0.1) is 0 Å². The summed E-state index contributed by atoms with van der Waals surface area (Å²) in [6.07, 6.45) is 3.81. The molecule has 0 saturated carbocycles. The Balaban J connectivity index is 2.49. The molecule has 0 bridgehead atoms. The van der Waals surface area contributed by atoms with Gasteiger partial charge in [0, 0.05) is 42.5 Å². The predicted molar refractivity (Wildman–Crippen MR) is 69.6 cm³/mol. The van der Waals surface area contributed by atoms with Crippen molar-refractivity contribution in [2.45, 2.75) is 25.8 Å². The van der Waals surface area contributed by atoms with Gasteiger partial charge in [-0.05, 0) is 41.0 Å². The first-order valence-corrected chi connectivity index (χ1v) is 6.38. The van der Waals surface area contributed by atoms with Gasteiger partial charge in [-0.1, -0.05) is 6.92 Å².